The summed E-state index contributed by atoms with van der Waals surface area (Å²) in [5.41, 5.74) is 0. The third-order valence-electron chi connectivity index (χ3n) is 2.08. The Labute approximate surface area is 115 Å². The molecule has 0 heterocycles. The van der Waals surface area contributed by atoms with Crippen LogP contribution in [0.2, 0.25) is 51.9 Å². The van der Waals surface area contributed by atoms with Gasteiger partial charge in [-0.2, -0.15) is 0 Å². The summed E-state index contributed by atoms with van der Waals surface area (Å²) in [6, 6.07) is 0.947. The summed E-state index contributed by atoms with van der Waals surface area (Å²) in [6.07, 6.45) is 1.67. The second kappa shape index (κ2) is 6.99. The van der Waals surface area contributed by atoms with Crippen molar-refractivity contribution in [3.05, 3.63) is 0 Å². The molecule has 0 aliphatic carbocycles. The quantitative estimate of drug-likeness (QED) is 0.405. The van der Waals surface area contributed by atoms with E-state index in [0.717, 1.165) is 18.9 Å². The highest BCUT2D eigenvalue weighted by Crippen LogP contribution is 2.25. The Morgan fingerprint density at radius 1 is 0.944 bits per heavy atom. The van der Waals surface area contributed by atoms with Gasteiger partial charge in [0.1, 0.15) is 0 Å². The number of rotatable bonds is 9. The zero-order valence-electron chi connectivity index (χ0n) is 12.9. The fourth-order valence-electron chi connectivity index (χ4n) is 1.99. The van der Waals surface area contributed by atoms with Crippen LogP contribution in [0.3, 0.4) is 0 Å². The maximum Gasteiger partial charge on any atom is 0.314 e. The van der Waals surface area contributed by atoms with E-state index in [2.05, 4.69) is 51.1 Å². The van der Waals surface area contributed by atoms with Crippen LogP contribution in [0, 0.1) is 0 Å². The standard InChI is InChI=1S/C11H29NO3Si3/c1-16(2,3)14-18(7,15-17(4,5)6)10-8-9-12-11-13/h11H,8-10H2,1-7H3,(H,12,13). The molecule has 0 saturated heterocycles. The Bertz CT molecular complexity index is 245. The number of carbonyl (C=O) groups excluding carboxylic acids is 1. The maximum atomic E-state index is 10.2. The minimum absolute atomic E-state index is 0.705. The highest BCUT2D eigenvalue weighted by molar-refractivity contribution is 6.87. The molecule has 7 heteroatoms. The lowest BCUT2D eigenvalue weighted by Gasteiger charge is -2.38. The summed E-state index contributed by atoms with van der Waals surface area (Å²) in [6.45, 7) is 16.1. The molecule has 0 aromatic rings. The van der Waals surface area contributed by atoms with Crippen molar-refractivity contribution in [2.45, 2.75) is 58.3 Å². The van der Waals surface area contributed by atoms with Crippen molar-refractivity contribution >= 4 is 31.6 Å². The van der Waals surface area contributed by atoms with Gasteiger partial charge < -0.3 is 13.5 Å². The fraction of sp³-hybridized carbons (Fsp3) is 0.909. The summed E-state index contributed by atoms with van der Waals surface area (Å²) in [5, 5.41) is 2.70. The molecule has 0 atom stereocenters. The van der Waals surface area contributed by atoms with E-state index in [1.165, 1.54) is 0 Å². The lowest BCUT2D eigenvalue weighted by Crippen LogP contribution is -2.52. The molecule has 1 amide bonds. The van der Waals surface area contributed by atoms with Crippen molar-refractivity contribution in [1.82, 2.24) is 5.32 Å². The van der Waals surface area contributed by atoms with Gasteiger partial charge >= 0.3 is 8.56 Å². The predicted molar refractivity (Wildman–Crippen MR) is 84.0 cm³/mol. The Hall–Kier alpha value is 0.0406. The monoisotopic (exact) mass is 307 g/mol. The van der Waals surface area contributed by atoms with E-state index in [-0.39, 0.29) is 0 Å². The molecular weight excluding hydrogens is 278 g/mol. The second-order valence-electron chi connectivity index (χ2n) is 6.74. The Morgan fingerprint density at radius 2 is 1.39 bits per heavy atom. The number of carbonyl (C=O) groups is 1. The van der Waals surface area contributed by atoms with Crippen LogP contribution in [0.1, 0.15) is 6.42 Å². The van der Waals surface area contributed by atoms with E-state index >= 15 is 0 Å². The fourth-order valence-corrected chi connectivity index (χ4v) is 14.5. The predicted octanol–water partition coefficient (Wildman–Crippen LogP) is 2.90. The van der Waals surface area contributed by atoms with Gasteiger partial charge in [-0.25, -0.2) is 0 Å². The summed E-state index contributed by atoms with van der Waals surface area (Å²) in [4.78, 5) is 10.2. The van der Waals surface area contributed by atoms with E-state index in [1.54, 1.807) is 0 Å². The number of amides is 1. The largest absolute Gasteiger partial charge is 0.437 e. The van der Waals surface area contributed by atoms with Gasteiger partial charge in [0.15, 0.2) is 16.6 Å². The van der Waals surface area contributed by atoms with Gasteiger partial charge in [0.2, 0.25) is 6.41 Å². The van der Waals surface area contributed by atoms with E-state index in [4.69, 9.17) is 8.23 Å². The van der Waals surface area contributed by atoms with E-state index in [0.29, 0.717) is 6.54 Å². The van der Waals surface area contributed by atoms with Crippen molar-refractivity contribution in [2.75, 3.05) is 6.54 Å². The van der Waals surface area contributed by atoms with Gasteiger partial charge in [0.05, 0.1) is 0 Å². The SMILES string of the molecule is C[Si](C)(C)O[Si](C)(CCCNC=O)O[Si](C)(C)C. The molecule has 0 fully saturated rings. The third kappa shape index (κ3) is 10.0. The highest BCUT2D eigenvalue weighted by atomic mass is 28.5. The van der Waals surface area contributed by atoms with Gasteiger partial charge in [-0.15, -0.1) is 0 Å². The molecule has 0 rings (SSSR count). The summed E-state index contributed by atoms with van der Waals surface area (Å²) in [5.74, 6) is 0. The van der Waals surface area contributed by atoms with E-state index in [1.807, 2.05) is 0 Å². The highest BCUT2D eigenvalue weighted by Gasteiger charge is 2.39. The first-order chi connectivity index (χ1) is 7.97. The molecule has 0 radical (unpaired) electrons. The van der Waals surface area contributed by atoms with Crippen molar-refractivity contribution < 1.29 is 13.0 Å². The molecule has 1 N–H and O–H groups in total. The van der Waals surface area contributed by atoms with Crippen LogP contribution in [0.4, 0.5) is 0 Å². The average Bonchev–Trinajstić information content (AvgIpc) is 2.05. The Morgan fingerprint density at radius 3 is 1.72 bits per heavy atom. The van der Waals surface area contributed by atoms with Crippen LogP contribution in [0.15, 0.2) is 0 Å². The lowest BCUT2D eigenvalue weighted by atomic mass is 10.5. The molecule has 0 unspecified atom stereocenters. The van der Waals surface area contributed by atoms with E-state index < -0.39 is 25.2 Å². The van der Waals surface area contributed by atoms with Crippen molar-refractivity contribution in [2.24, 2.45) is 0 Å². The number of hydrogen-bond donors (Lipinski definition) is 1. The molecule has 0 bridgehead atoms. The van der Waals surface area contributed by atoms with Crippen molar-refractivity contribution in [3.8, 4) is 0 Å². The molecule has 0 aromatic heterocycles. The molecular formula is C11H29NO3Si3. The normalized spacial score (nSPS) is 13.5. The van der Waals surface area contributed by atoms with Crippen LogP contribution >= 0.6 is 0 Å². The smallest absolute Gasteiger partial charge is 0.314 e. The van der Waals surface area contributed by atoms with Gasteiger partial charge in [-0.3, -0.25) is 4.79 Å². The maximum absolute atomic E-state index is 10.2. The molecule has 0 aliphatic rings. The molecule has 18 heavy (non-hydrogen) atoms. The zero-order chi connectivity index (χ0) is 14.4. The lowest BCUT2D eigenvalue weighted by molar-refractivity contribution is -0.109. The zero-order valence-corrected chi connectivity index (χ0v) is 15.9. The molecule has 108 valence electrons. The van der Waals surface area contributed by atoms with Gasteiger partial charge in [-0.1, -0.05) is 0 Å². The van der Waals surface area contributed by atoms with Crippen molar-refractivity contribution in [1.29, 1.82) is 0 Å². The third-order valence-corrected chi connectivity index (χ3v) is 11.7. The minimum Gasteiger partial charge on any atom is -0.437 e. The van der Waals surface area contributed by atoms with Crippen LogP contribution in [-0.2, 0) is 13.0 Å². The minimum atomic E-state index is -2.10. The van der Waals surface area contributed by atoms with Gasteiger partial charge in [0, 0.05) is 6.54 Å². The van der Waals surface area contributed by atoms with E-state index in [9.17, 15) is 4.79 Å². The first-order valence-electron chi connectivity index (χ1n) is 6.55. The average molecular weight is 308 g/mol. The van der Waals surface area contributed by atoms with Gasteiger partial charge in [0.25, 0.3) is 0 Å². The molecule has 0 aliphatic heterocycles. The van der Waals surface area contributed by atoms with Crippen molar-refractivity contribution in [3.63, 3.8) is 0 Å². The molecule has 0 spiro atoms. The van der Waals surface area contributed by atoms with Gasteiger partial charge in [-0.05, 0) is 58.3 Å². The Balaban J connectivity index is 4.54. The summed E-state index contributed by atoms with van der Waals surface area (Å²) < 4.78 is 12.7. The van der Waals surface area contributed by atoms with Crippen LogP contribution < -0.4 is 5.32 Å². The Kier molecular flexibility index (Phi) is 7.01. The number of hydrogen-bond acceptors (Lipinski definition) is 3. The molecule has 0 aromatic carbocycles. The summed E-state index contributed by atoms with van der Waals surface area (Å²) in [7, 11) is -5.29. The first kappa shape index (κ1) is 18.0. The molecule has 4 nitrogen and oxygen atoms in total. The number of nitrogens with one attached hydrogen (secondary N) is 1. The molecule has 0 saturated carbocycles. The second-order valence-corrected chi connectivity index (χ2v) is 19.6. The van der Waals surface area contributed by atoms with Crippen LogP contribution in [0.5, 0.6) is 0 Å². The van der Waals surface area contributed by atoms with Crippen LogP contribution in [0.25, 0.3) is 0 Å². The summed E-state index contributed by atoms with van der Waals surface area (Å²) >= 11 is 0. The van der Waals surface area contributed by atoms with Crippen LogP contribution in [-0.4, -0.2) is 38.2 Å². The first-order valence-corrected chi connectivity index (χ1v) is 15.9. The topological polar surface area (TPSA) is 47.6 Å².